The van der Waals surface area contributed by atoms with Crippen molar-refractivity contribution < 1.29 is 4.39 Å². The van der Waals surface area contributed by atoms with Crippen LogP contribution in [-0.2, 0) is 0 Å². The third-order valence-electron chi connectivity index (χ3n) is 3.16. The Bertz CT molecular complexity index is 383. The molecule has 18 heavy (non-hydrogen) atoms. The molecular formula is C13H17Cl2FN2. The number of anilines is 1. The zero-order valence-corrected chi connectivity index (χ0v) is 11.7. The first-order valence-corrected chi connectivity index (χ1v) is 7.03. The van der Waals surface area contributed by atoms with Crippen molar-refractivity contribution in [1.82, 2.24) is 4.90 Å². The number of hydrogen-bond acceptors (Lipinski definition) is 2. The van der Waals surface area contributed by atoms with E-state index in [4.69, 9.17) is 23.2 Å². The SMILES string of the molecule is Fc1cc(Cl)c(NCCCN2CCCC2)c(Cl)c1. The second kappa shape index (κ2) is 6.60. The van der Waals surface area contributed by atoms with E-state index in [1.807, 2.05) is 0 Å². The van der Waals surface area contributed by atoms with Crippen molar-refractivity contribution >= 4 is 28.9 Å². The van der Waals surface area contributed by atoms with E-state index in [1.54, 1.807) is 0 Å². The number of rotatable bonds is 5. The third kappa shape index (κ3) is 3.74. The summed E-state index contributed by atoms with van der Waals surface area (Å²) in [5.41, 5.74) is 0.626. The van der Waals surface area contributed by atoms with Gasteiger partial charge in [-0.3, -0.25) is 0 Å². The van der Waals surface area contributed by atoms with Gasteiger partial charge in [0.15, 0.2) is 0 Å². The number of benzene rings is 1. The minimum Gasteiger partial charge on any atom is -0.383 e. The Morgan fingerprint density at radius 2 is 1.78 bits per heavy atom. The zero-order valence-electron chi connectivity index (χ0n) is 10.2. The number of nitrogens with zero attached hydrogens (tertiary/aromatic N) is 1. The Kier molecular flexibility index (Phi) is 5.10. The molecule has 5 heteroatoms. The van der Waals surface area contributed by atoms with Gasteiger partial charge in [0.25, 0.3) is 0 Å². The molecule has 0 spiro atoms. The summed E-state index contributed by atoms with van der Waals surface area (Å²) < 4.78 is 13.0. The van der Waals surface area contributed by atoms with E-state index in [1.165, 1.54) is 38.1 Å². The monoisotopic (exact) mass is 290 g/mol. The van der Waals surface area contributed by atoms with Crippen LogP contribution in [0.15, 0.2) is 12.1 Å². The lowest BCUT2D eigenvalue weighted by molar-refractivity contribution is 0.337. The smallest absolute Gasteiger partial charge is 0.126 e. The van der Waals surface area contributed by atoms with Crippen LogP contribution in [0.1, 0.15) is 19.3 Å². The van der Waals surface area contributed by atoms with Crippen molar-refractivity contribution in [1.29, 1.82) is 0 Å². The molecule has 0 saturated carbocycles. The summed E-state index contributed by atoms with van der Waals surface area (Å²) in [5.74, 6) is -0.410. The Morgan fingerprint density at radius 1 is 1.17 bits per heavy atom. The van der Waals surface area contributed by atoms with Crippen LogP contribution in [0.5, 0.6) is 0 Å². The highest BCUT2D eigenvalue weighted by atomic mass is 35.5. The van der Waals surface area contributed by atoms with Crippen molar-refractivity contribution in [3.8, 4) is 0 Å². The highest BCUT2D eigenvalue weighted by molar-refractivity contribution is 6.39. The van der Waals surface area contributed by atoms with E-state index in [2.05, 4.69) is 10.2 Å². The van der Waals surface area contributed by atoms with Crippen LogP contribution >= 0.6 is 23.2 Å². The highest BCUT2D eigenvalue weighted by Crippen LogP contribution is 2.31. The molecule has 0 unspecified atom stereocenters. The van der Waals surface area contributed by atoms with Gasteiger partial charge >= 0.3 is 0 Å². The molecule has 0 aliphatic carbocycles. The van der Waals surface area contributed by atoms with Gasteiger partial charge in [0.1, 0.15) is 5.82 Å². The van der Waals surface area contributed by atoms with Crippen LogP contribution < -0.4 is 5.32 Å². The van der Waals surface area contributed by atoms with E-state index >= 15 is 0 Å². The molecule has 1 aliphatic rings. The van der Waals surface area contributed by atoms with Crippen LogP contribution in [-0.4, -0.2) is 31.1 Å². The van der Waals surface area contributed by atoms with Gasteiger partial charge in [0, 0.05) is 6.54 Å². The predicted molar refractivity (Wildman–Crippen MR) is 75.2 cm³/mol. The summed E-state index contributed by atoms with van der Waals surface area (Å²) in [6, 6.07) is 2.55. The Hall–Kier alpha value is -0.510. The van der Waals surface area contributed by atoms with Gasteiger partial charge in [-0.15, -0.1) is 0 Å². The molecule has 1 N–H and O–H groups in total. The van der Waals surface area contributed by atoms with E-state index in [0.29, 0.717) is 15.7 Å². The molecule has 0 aromatic heterocycles. The first-order chi connectivity index (χ1) is 8.66. The van der Waals surface area contributed by atoms with Gasteiger partial charge in [-0.1, -0.05) is 23.2 Å². The van der Waals surface area contributed by atoms with Gasteiger partial charge in [0.2, 0.25) is 0 Å². The zero-order chi connectivity index (χ0) is 13.0. The second-order valence-electron chi connectivity index (χ2n) is 4.57. The molecule has 1 aromatic carbocycles. The first kappa shape index (κ1) is 13.9. The molecule has 100 valence electrons. The molecule has 2 nitrogen and oxygen atoms in total. The van der Waals surface area contributed by atoms with Gasteiger partial charge in [-0.05, 0) is 51.0 Å². The third-order valence-corrected chi connectivity index (χ3v) is 3.75. The maximum absolute atomic E-state index is 13.0. The first-order valence-electron chi connectivity index (χ1n) is 6.27. The van der Waals surface area contributed by atoms with Crippen LogP contribution in [0.2, 0.25) is 10.0 Å². The van der Waals surface area contributed by atoms with Gasteiger partial charge < -0.3 is 10.2 Å². The fourth-order valence-corrected chi connectivity index (χ4v) is 2.83. The summed E-state index contributed by atoms with van der Waals surface area (Å²) >= 11 is 11.9. The lowest BCUT2D eigenvalue weighted by Gasteiger charge is -2.15. The maximum Gasteiger partial charge on any atom is 0.126 e. The molecule has 0 amide bonds. The van der Waals surface area contributed by atoms with Gasteiger partial charge in [-0.2, -0.15) is 0 Å². The molecule has 0 bridgehead atoms. The van der Waals surface area contributed by atoms with Crippen molar-refractivity contribution in [2.75, 3.05) is 31.5 Å². The van der Waals surface area contributed by atoms with Crippen molar-refractivity contribution in [3.63, 3.8) is 0 Å². The molecule has 0 radical (unpaired) electrons. The van der Waals surface area contributed by atoms with Crippen LogP contribution in [0.25, 0.3) is 0 Å². The van der Waals surface area contributed by atoms with Crippen LogP contribution in [0.4, 0.5) is 10.1 Å². The molecule has 1 saturated heterocycles. The van der Waals surface area contributed by atoms with Gasteiger partial charge in [-0.25, -0.2) is 4.39 Å². The summed E-state index contributed by atoms with van der Waals surface area (Å²) in [4.78, 5) is 2.45. The normalized spacial score (nSPS) is 16.2. The van der Waals surface area contributed by atoms with E-state index in [0.717, 1.165) is 19.5 Å². The summed E-state index contributed by atoms with van der Waals surface area (Å²) in [7, 11) is 0. The number of hydrogen-bond donors (Lipinski definition) is 1. The summed E-state index contributed by atoms with van der Waals surface area (Å²) in [6.07, 6.45) is 3.65. The predicted octanol–water partition coefficient (Wildman–Crippen LogP) is 4.03. The maximum atomic E-state index is 13.0. The van der Waals surface area contributed by atoms with Gasteiger partial charge in [0.05, 0.1) is 15.7 Å². The number of nitrogens with one attached hydrogen (secondary N) is 1. The summed E-state index contributed by atoms with van der Waals surface area (Å²) in [5, 5.41) is 3.84. The average molecular weight is 291 g/mol. The molecule has 2 rings (SSSR count). The number of halogens is 3. The topological polar surface area (TPSA) is 15.3 Å². The molecule has 1 heterocycles. The van der Waals surface area contributed by atoms with E-state index < -0.39 is 5.82 Å². The largest absolute Gasteiger partial charge is 0.383 e. The fraction of sp³-hybridized carbons (Fsp3) is 0.538. The average Bonchev–Trinajstić information content (AvgIpc) is 2.79. The summed E-state index contributed by atoms with van der Waals surface area (Å²) in [6.45, 7) is 4.29. The van der Waals surface area contributed by atoms with E-state index in [-0.39, 0.29) is 0 Å². The minimum absolute atomic E-state index is 0.334. The molecule has 0 atom stereocenters. The molecule has 1 aromatic rings. The fourth-order valence-electron chi connectivity index (χ4n) is 2.23. The Morgan fingerprint density at radius 3 is 2.39 bits per heavy atom. The van der Waals surface area contributed by atoms with E-state index in [9.17, 15) is 4.39 Å². The Balaban J connectivity index is 1.79. The van der Waals surface area contributed by atoms with Crippen LogP contribution in [0, 0.1) is 5.82 Å². The molecular weight excluding hydrogens is 274 g/mol. The molecule has 1 aliphatic heterocycles. The highest BCUT2D eigenvalue weighted by Gasteiger charge is 2.11. The molecule has 1 fully saturated rings. The minimum atomic E-state index is -0.410. The quantitative estimate of drug-likeness (QED) is 0.824. The standard InChI is InChI=1S/C13H17Cl2FN2/c14-11-8-10(16)9-12(15)13(11)17-4-3-7-18-5-1-2-6-18/h8-9,17H,1-7H2. The lowest BCUT2D eigenvalue weighted by atomic mass is 10.3. The lowest BCUT2D eigenvalue weighted by Crippen LogP contribution is -2.22. The van der Waals surface area contributed by atoms with Crippen molar-refractivity contribution in [3.05, 3.63) is 28.0 Å². The Labute approximate surface area is 117 Å². The second-order valence-corrected chi connectivity index (χ2v) is 5.39. The number of likely N-dealkylation sites (tertiary alicyclic amines) is 1. The van der Waals surface area contributed by atoms with Crippen LogP contribution in [0.3, 0.4) is 0 Å². The van der Waals surface area contributed by atoms with Crippen molar-refractivity contribution in [2.45, 2.75) is 19.3 Å². The van der Waals surface area contributed by atoms with Crippen molar-refractivity contribution in [2.24, 2.45) is 0 Å².